The molecule has 0 heterocycles. The van der Waals surface area contributed by atoms with Gasteiger partial charge in [-0.3, -0.25) is 4.79 Å². The Labute approximate surface area is 138 Å². The van der Waals surface area contributed by atoms with E-state index in [1.807, 2.05) is 0 Å². The van der Waals surface area contributed by atoms with E-state index in [1.54, 1.807) is 0 Å². The van der Waals surface area contributed by atoms with E-state index >= 15 is 0 Å². The van der Waals surface area contributed by atoms with E-state index < -0.39 is 18.6 Å². The number of rotatable bonds is 16. The molecule has 138 valence electrons. The lowest BCUT2D eigenvalue weighted by atomic mass is 10.0. The van der Waals surface area contributed by atoms with Crippen molar-refractivity contribution < 1.29 is 22.4 Å². The van der Waals surface area contributed by atoms with Gasteiger partial charge in [0.05, 0.1) is 0 Å². The van der Waals surface area contributed by atoms with Crippen molar-refractivity contribution in [3.63, 3.8) is 0 Å². The van der Waals surface area contributed by atoms with Crippen molar-refractivity contribution in [1.82, 2.24) is 0 Å². The van der Waals surface area contributed by atoms with E-state index in [4.69, 9.17) is 0 Å². The second-order valence-electron chi connectivity index (χ2n) is 6.42. The Balaban J connectivity index is 3.04. The van der Waals surface area contributed by atoms with Gasteiger partial charge in [0.2, 0.25) is 0 Å². The molecule has 0 aliphatic rings. The molecule has 0 aromatic heterocycles. The van der Waals surface area contributed by atoms with Crippen LogP contribution in [0.5, 0.6) is 0 Å². The number of unbranched alkanes of at least 4 members (excludes halogenated alkanes) is 13. The van der Waals surface area contributed by atoms with Crippen LogP contribution in [0.2, 0.25) is 0 Å². The lowest BCUT2D eigenvalue weighted by Crippen LogP contribution is -2.06. The average molecular weight is 340 g/mol. The van der Waals surface area contributed by atoms with E-state index in [9.17, 15) is 22.4 Å². The van der Waals surface area contributed by atoms with Gasteiger partial charge in [-0.25, -0.2) is 0 Å². The molecule has 0 radical (unpaired) electrons. The second-order valence-corrected chi connectivity index (χ2v) is 6.42. The Bertz CT molecular complexity index is 277. The Morgan fingerprint density at radius 1 is 0.565 bits per heavy atom. The van der Waals surface area contributed by atoms with Crippen molar-refractivity contribution in [2.75, 3.05) is 0 Å². The molecule has 0 rings (SSSR count). The van der Waals surface area contributed by atoms with Crippen molar-refractivity contribution in [2.45, 2.75) is 109 Å². The third kappa shape index (κ3) is 21.4. The zero-order valence-corrected chi connectivity index (χ0v) is 14.2. The first-order valence-electron chi connectivity index (χ1n) is 9.17. The number of carbonyl (C=O) groups is 1. The minimum absolute atomic E-state index is 0.0657. The highest BCUT2D eigenvalue weighted by molar-refractivity contribution is 5.67. The molecule has 0 amide bonds. The summed E-state index contributed by atoms with van der Waals surface area (Å²) in [6, 6.07) is -1.20. The molecule has 5 heteroatoms. The first-order chi connectivity index (χ1) is 10.9. The van der Waals surface area contributed by atoms with Crippen LogP contribution < -0.4 is 0 Å². The molecule has 0 unspecified atom stereocenters. The minimum atomic E-state index is -4.00. The molecule has 0 aromatic carbocycles. The van der Waals surface area contributed by atoms with Crippen molar-refractivity contribution in [2.24, 2.45) is 0 Å². The molecular formula is C18H32F4O. The molecule has 0 saturated carbocycles. The molecule has 0 spiro atoms. The van der Waals surface area contributed by atoms with Crippen molar-refractivity contribution in [3.8, 4) is 0 Å². The average Bonchev–Trinajstić information content (AvgIpc) is 2.45. The van der Waals surface area contributed by atoms with Gasteiger partial charge in [0, 0.05) is 12.8 Å². The van der Waals surface area contributed by atoms with Crippen LogP contribution in [0.4, 0.5) is 17.6 Å². The maximum Gasteiger partial charge on any atom is 0.389 e. The summed E-state index contributed by atoms with van der Waals surface area (Å²) in [7, 11) is 0. The third-order valence-electron chi connectivity index (χ3n) is 4.08. The number of halogens is 4. The fourth-order valence-electron chi connectivity index (χ4n) is 2.71. The van der Waals surface area contributed by atoms with E-state index in [1.165, 1.54) is 32.1 Å². The number of carbonyl (C=O) groups excluding carboxylic acids is 1. The first kappa shape index (κ1) is 22.4. The monoisotopic (exact) mass is 340 g/mol. The standard InChI is InChI=1S/C18H32F4O/c19-17(23)15-13-11-9-7-5-3-1-2-4-6-8-10-12-14-16-18(20,21)22/h1-16H2. The molecule has 23 heavy (non-hydrogen) atoms. The number of hydrogen-bond acceptors (Lipinski definition) is 1. The van der Waals surface area contributed by atoms with Crippen LogP contribution in [-0.4, -0.2) is 12.2 Å². The Hall–Kier alpha value is -0.610. The third-order valence-corrected chi connectivity index (χ3v) is 4.08. The van der Waals surface area contributed by atoms with Gasteiger partial charge in [-0.1, -0.05) is 77.0 Å². The minimum Gasteiger partial charge on any atom is -0.261 e. The summed E-state index contributed by atoms with van der Waals surface area (Å²) in [5.74, 6) is 0. The molecule has 0 bridgehead atoms. The SMILES string of the molecule is O=C(F)CCCCCCCCCCCCCCCCC(F)(F)F. The predicted molar refractivity (Wildman–Crippen MR) is 86.0 cm³/mol. The van der Waals surface area contributed by atoms with Gasteiger partial charge >= 0.3 is 12.2 Å². The quantitative estimate of drug-likeness (QED) is 0.164. The van der Waals surface area contributed by atoms with E-state index in [0.717, 1.165) is 38.5 Å². The fraction of sp³-hybridized carbons (Fsp3) is 0.944. The van der Waals surface area contributed by atoms with Crippen molar-refractivity contribution >= 4 is 6.04 Å². The molecule has 0 aliphatic carbocycles. The summed E-state index contributed by atoms with van der Waals surface area (Å²) < 4.78 is 47.7. The zero-order chi connectivity index (χ0) is 17.4. The summed E-state index contributed by atoms with van der Waals surface area (Å²) in [6.45, 7) is 0. The van der Waals surface area contributed by atoms with Crippen LogP contribution in [0, 0.1) is 0 Å². The lowest BCUT2D eigenvalue weighted by molar-refractivity contribution is -0.135. The largest absolute Gasteiger partial charge is 0.389 e. The summed E-state index contributed by atoms with van der Waals surface area (Å²) >= 11 is 0. The van der Waals surface area contributed by atoms with E-state index in [-0.39, 0.29) is 12.8 Å². The molecule has 0 saturated heterocycles. The number of hydrogen-bond donors (Lipinski definition) is 0. The molecule has 0 aliphatic heterocycles. The topological polar surface area (TPSA) is 17.1 Å². The van der Waals surface area contributed by atoms with Crippen LogP contribution in [0.1, 0.15) is 103 Å². The van der Waals surface area contributed by atoms with Gasteiger partial charge in [-0.2, -0.15) is 17.6 Å². The fourth-order valence-corrected chi connectivity index (χ4v) is 2.71. The van der Waals surface area contributed by atoms with Crippen LogP contribution in [0.25, 0.3) is 0 Å². The second kappa shape index (κ2) is 14.9. The lowest BCUT2D eigenvalue weighted by Gasteiger charge is -2.05. The van der Waals surface area contributed by atoms with Crippen LogP contribution >= 0.6 is 0 Å². The summed E-state index contributed by atoms with van der Waals surface area (Å²) in [5.41, 5.74) is 0. The van der Waals surface area contributed by atoms with Gasteiger partial charge in [0.25, 0.3) is 0 Å². The highest BCUT2D eigenvalue weighted by atomic mass is 19.4. The molecular weight excluding hydrogens is 308 g/mol. The van der Waals surface area contributed by atoms with E-state index in [2.05, 4.69) is 0 Å². The van der Waals surface area contributed by atoms with Gasteiger partial charge in [-0.15, -0.1) is 0 Å². The normalized spacial score (nSPS) is 11.8. The van der Waals surface area contributed by atoms with Crippen molar-refractivity contribution in [1.29, 1.82) is 0 Å². The summed E-state index contributed by atoms with van der Waals surface area (Å²) in [4.78, 5) is 10.1. The molecule has 1 nitrogen and oxygen atoms in total. The molecule has 0 N–H and O–H groups in total. The van der Waals surface area contributed by atoms with Gasteiger partial charge in [0.15, 0.2) is 0 Å². The van der Waals surface area contributed by atoms with Crippen molar-refractivity contribution in [3.05, 3.63) is 0 Å². The van der Waals surface area contributed by atoms with Gasteiger partial charge in [0.1, 0.15) is 0 Å². The van der Waals surface area contributed by atoms with Crippen LogP contribution in [-0.2, 0) is 4.79 Å². The molecule has 0 fully saturated rings. The Morgan fingerprint density at radius 2 is 0.870 bits per heavy atom. The maximum absolute atomic E-state index is 11.9. The Morgan fingerprint density at radius 3 is 1.17 bits per heavy atom. The zero-order valence-electron chi connectivity index (χ0n) is 14.2. The van der Waals surface area contributed by atoms with Gasteiger partial charge in [-0.05, 0) is 12.8 Å². The first-order valence-corrected chi connectivity index (χ1v) is 9.17. The highest BCUT2D eigenvalue weighted by Crippen LogP contribution is 2.23. The smallest absolute Gasteiger partial charge is 0.261 e. The van der Waals surface area contributed by atoms with E-state index in [0.29, 0.717) is 12.8 Å². The molecule has 0 atom stereocenters. The predicted octanol–water partition coefficient (Wildman–Crippen LogP) is 7.29. The highest BCUT2D eigenvalue weighted by Gasteiger charge is 2.25. The summed E-state index contributed by atoms with van der Waals surface area (Å²) in [5, 5.41) is 0. The maximum atomic E-state index is 11.9. The Kier molecular flexibility index (Phi) is 14.6. The van der Waals surface area contributed by atoms with Gasteiger partial charge < -0.3 is 0 Å². The van der Waals surface area contributed by atoms with Crippen LogP contribution in [0.15, 0.2) is 0 Å². The summed E-state index contributed by atoms with van der Waals surface area (Å²) in [6.07, 6.45) is 9.32. The van der Waals surface area contributed by atoms with Crippen LogP contribution in [0.3, 0.4) is 0 Å². The molecule has 0 aromatic rings. The number of alkyl halides is 3.